The van der Waals surface area contributed by atoms with Gasteiger partial charge in [0, 0.05) is 5.92 Å². The van der Waals surface area contributed by atoms with Gasteiger partial charge in [-0.15, -0.1) is 0 Å². The highest BCUT2D eigenvalue weighted by Gasteiger charge is 2.29. The summed E-state index contributed by atoms with van der Waals surface area (Å²) >= 11 is 0. The number of aliphatic hydroxyl groups is 2. The molecule has 0 aromatic heterocycles. The van der Waals surface area contributed by atoms with Crippen molar-refractivity contribution in [3.8, 4) is 0 Å². The lowest BCUT2D eigenvalue weighted by Gasteiger charge is -2.18. The first-order valence-electron chi connectivity index (χ1n) is 5.87. The molecule has 1 saturated carbocycles. The molecule has 16 heavy (non-hydrogen) atoms. The second-order valence-corrected chi connectivity index (χ2v) is 4.42. The van der Waals surface area contributed by atoms with Gasteiger partial charge in [0.25, 0.3) is 0 Å². The van der Waals surface area contributed by atoms with Crippen LogP contribution in [0.1, 0.15) is 24.8 Å². The van der Waals surface area contributed by atoms with Crippen molar-refractivity contribution < 1.29 is 10.2 Å². The highest BCUT2D eigenvalue weighted by atomic mass is 16.3. The van der Waals surface area contributed by atoms with Gasteiger partial charge in [-0.25, -0.2) is 0 Å². The molecule has 0 bridgehead atoms. The number of hydrogen-bond donors (Lipinski definition) is 2. The van der Waals surface area contributed by atoms with Crippen LogP contribution in [0.3, 0.4) is 0 Å². The van der Waals surface area contributed by atoms with Gasteiger partial charge in [0.2, 0.25) is 0 Å². The molecule has 0 unspecified atom stereocenters. The maximum atomic E-state index is 9.93. The van der Waals surface area contributed by atoms with E-state index in [0.29, 0.717) is 0 Å². The fraction of sp³-hybridized carbons (Fsp3) is 0.429. The van der Waals surface area contributed by atoms with E-state index in [1.165, 1.54) is 0 Å². The van der Waals surface area contributed by atoms with Crippen LogP contribution in [0.15, 0.2) is 36.4 Å². The Kier molecular flexibility index (Phi) is 3.75. The lowest BCUT2D eigenvalue weighted by atomic mass is 9.98. The van der Waals surface area contributed by atoms with Crippen molar-refractivity contribution in [3.05, 3.63) is 42.0 Å². The molecule has 1 aliphatic rings. The lowest BCUT2D eigenvalue weighted by Crippen LogP contribution is -2.25. The summed E-state index contributed by atoms with van der Waals surface area (Å²) in [6.45, 7) is 0. The van der Waals surface area contributed by atoms with Crippen LogP contribution in [0.25, 0.3) is 6.08 Å². The van der Waals surface area contributed by atoms with E-state index < -0.39 is 6.10 Å². The maximum absolute atomic E-state index is 9.93. The average Bonchev–Trinajstić information content (AvgIpc) is 2.74. The normalized spacial score (nSPS) is 27.4. The van der Waals surface area contributed by atoms with Crippen molar-refractivity contribution >= 4 is 6.08 Å². The minimum Gasteiger partial charge on any atom is -0.393 e. The second kappa shape index (κ2) is 5.28. The molecular formula is C14H18O2. The van der Waals surface area contributed by atoms with Crippen LogP contribution < -0.4 is 0 Å². The third-order valence-corrected chi connectivity index (χ3v) is 3.26. The van der Waals surface area contributed by atoms with Gasteiger partial charge in [0.15, 0.2) is 0 Å². The molecule has 1 aromatic rings. The molecule has 0 aliphatic heterocycles. The molecular weight excluding hydrogens is 200 g/mol. The van der Waals surface area contributed by atoms with Gasteiger partial charge >= 0.3 is 0 Å². The number of rotatable bonds is 3. The van der Waals surface area contributed by atoms with Crippen molar-refractivity contribution in [3.63, 3.8) is 0 Å². The molecule has 0 saturated heterocycles. The first-order valence-corrected chi connectivity index (χ1v) is 5.87. The third-order valence-electron chi connectivity index (χ3n) is 3.26. The lowest BCUT2D eigenvalue weighted by molar-refractivity contribution is 0.0569. The highest BCUT2D eigenvalue weighted by Crippen LogP contribution is 2.29. The molecule has 0 spiro atoms. The van der Waals surface area contributed by atoms with Crippen molar-refractivity contribution in [1.29, 1.82) is 0 Å². The van der Waals surface area contributed by atoms with Crippen molar-refractivity contribution in [2.24, 2.45) is 5.92 Å². The zero-order valence-corrected chi connectivity index (χ0v) is 9.29. The zero-order chi connectivity index (χ0) is 11.4. The predicted octanol–water partition coefficient (Wildman–Crippen LogP) is 2.22. The van der Waals surface area contributed by atoms with Gasteiger partial charge in [0.05, 0.1) is 12.2 Å². The molecule has 1 aromatic carbocycles. The molecule has 2 rings (SSSR count). The summed E-state index contributed by atoms with van der Waals surface area (Å²) in [5, 5.41) is 19.6. The first kappa shape index (κ1) is 11.4. The van der Waals surface area contributed by atoms with Gasteiger partial charge in [-0.3, -0.25) is 0 Å². The van der Waals surface area contributed by atoms with Crippen LogP contribution in [-0.4, -0.2) is 22.4 Å². The summed E-state index contributed by atoms with van der Waals surface area (Å²) < 4.78 is 0. The monoisotopic (exact) mass is 218 g/mol. The van der Waals surface area contributed by atoms with E-state index in [-0.39, 0.29) is 12.0 Å². The number of benzene rings is 1. The van der Waals surface area contributed by atoms with Crippen molar-refractivity contribution in [2.75, 3.05) is 0 Å². The third kappa shape index (κ3) is 2.71. The standard InChI is InChI=1S/C14H18O2/c15-13-8-4-7-12(13)14(16)10-9-11-5-2-1-3-6-11/h1-3,5-6,9-10,12-16H,4,7-8H2/b10-9+/t12-,13+,14-/m1/s1. The summed E-state index contributed by atoms with van der Waals surface area (Å²) in [7, 11) is 0. The summed E-state index contributed by atoms with van der Waals surface area (Å²) in [4.78, 5) is 0. The first-order chi connectivity index (χ1) is 7.77. The Labute approximate surface area is 96.2 Å². The Morgan fingerprint density at radius 3 is 2.56 bits per heavy atom. The molecule has 86 valence electrons. The molecule has 2 heteroatoms. The summed E-state index contributed by atoms with van der Waals surface area (Å²) in [5.41, 5.74) is 1.08. The topological polar surface area (TPSA) is 40.5 Å². The van der Waals surface area contributed by atoms with Crippen LogP contribution in [0, 0.1) is 5.92 Å². The molecule has 0 heterocycles. The van der Waals surface area contributed by atoms with E-state index in [2.05, 4.69) is 0 Å². The smallest absolute Gasteiger partial charge is 0.0776 e. The van der Waals surface area contributed by atoms with Crippen molar-refractivity contribution in [2.45, 2.75) is 31.5 Å². The van der Waals surface area contributed by atoms with E-state index >= 15 is 0 Å². The molecule has 1 fully saturated rings. The van der Waals surface area contributed by atoms with E-state index in [0.717, 1.165) is 24.8 Å². The Hall–Kier alpha value is -1.12. The van der Waals surface area contributed by atoms with E-state index in [9.17, 15) is 10.2 Å². The van der Waals surface area contributed by atoms with Gasteiger partial charge in [0.1, 0.15) is 0 Å². The summed E-state index contributed by atoms with van der Waals surface area (Å²) in [6.07, 6.45) is 5.59. The molecule has 3 atom stereocenters. The Morgan fingerprint density at radius 2 is 1.94 bits per heavy atom. The van der Waals surface area contributed by atoms with Crippen LogP contribution in [-0.2, 0) is 0 Å². The fourth-order valence-corrected chi connectivity index (χ4v) is 2.28. The molecule has 1 aliphatic carbocycles. The quantitative estimate of drug-likeness (QED) is 0.816. The van der Waals surface area contributed by atoms with Crippen molar-refractivity contribution in [1.82, 2.24) is 0 Å². The van der Waals surface area contributed by atoms with Crippen LogP contribution >= 0.6 is 0 Å². The van der Waals surface area contributed by atoms with E-state index in [4.69, 9.17) is 0 Å². The van der Waals surface area contributed by atoms with Crippen LogP contribution in [0.2, 0.25) is 0 Å². The minimum absolute atomic E-state index is 0.0139. The zero-order valence-electron chi connectivity index (χ0n) is 9.29. The fourth-order valence-electron chi connectivity index (χ4n) is 2.28. The molecule has 2 N–H and O–H groups in total. The Bertz CT molecular complexity index is 345. The minimum atomic E-state index is -0.530. The average molecular weight is 218 g/mol. The van der Waals surface area contributed by atoms with E-state index in [1.807, 2.05) is 36.4 Å². The van der Waals surface area contributed by atoms with Gasteiger partial charge < -0.3 is 10.2 Å². The maximum Gasteiger partial charge on any atom is 0.0776 e. The SMILES string of the molecule is O[C@H](/C=C/c1ccccc1)[C@@H]1CCC[C@@H]1O. The highest BCUT2D eigenvalue weighted by molar-refractivity contribution is 5.49. The Morgan fingerprint density at radius 1 is 1.19 bits per heavy atom. The summed E-state index contributed by atoms with van der Waals surface area (Å²) in [6, 6.07) is 9.89. The largest absolute Gasteiger partial charge is 0.393 e. The number of aliphatic hydroxyl groups excluding tert-OH is 2. The number of hydrogen-bond acceptors (Lipinski definition) is 2. The van der Waals surface area contributed by atoms with Crippen LogP contribution in [0.4, 0.5) is 0 Å². The summed E-state index contributed by atoms with van der Waals surface area (Å²) in [5.74, 6) is 0.0139. The molecule has 0 amide bonds. The second-order valence-electron chi connectivity index (χ2n) is 4.42. The van der Waals surface area contributed by atoms with Gasteiger partial charge in [-0.1, -0.05) is 48.9 Å². The molecule has 2 nitrogen and oxygen atoms in total. The van der Waals surface area contributed by atoms with Gasteiger partial charge in [-0.05, 0) is 18.4 Å². The van der Waals surface area contributed by atoms with Crippen LogP contribution in [0.5, 0.6) is 0 Å². The Balaban J connectivity index is 1.96. The van der Waals surface area contributed by atoms with Gasteiger partial charge in [-0.2, -0.15) is 0 Å². The van der Waals surface area contributed by atoms with E-state index in [1.54, 1.807) is 6.08 Å². The predicted molar refractivity (Wildman–Crippen MR) is 64.8 cm³/mol. The molecule has 0 radical (unpaired) electrons.